The van der Waals surface area contributed by atoms with E-state index in [0.29, 0.717) is 13.1 Å². The molecule has 1 N–H and O–H groups in total. The number of carbonyl (C=O) groups is 2. The number of amides is 1. The largest absolute Gasteiger partial charge is 0.478 e. The first kappa shape index (κ1) is 13.8. The maximum atomic E-state index is 12.2. The summed E-state index contributed by atoms with van der Waals surface area (Å²) in [5, 5.41) is 16.8. The van der Waals surface area contributed by atoms with E-state index in [1.807, 2.05) is 21.7 Å². The number of hydrogen-bond donors (Lipinski definition) is 1. The number of carboxylic acid groups (broad SMARTS) is 1. The van der Waals surface area contributed by atoms with Crippen molar-refractivity contribution < 1.29 is 14.7 Å². The number of carbonyl (C=O) groups excluding carboxylic acids is 1. The van der Waals surface area contributed by atoms with Crippen LogP contribution in [0.15, 0.2) is 29.2 Å². The topological polar surface area (TPSA) is 75.4 Å². The van der Waals surface area contributed by atoms with E-state index in [0.717, 1.165) is 18.4 Å². The standard InChI is InChI=1S/C14H15N3O3S/c18-13(10-3-6-21-9-10)16-4-1-12(2-5-16)17-8-11(7-15-17)14(19)20/h3,6-9,12H,1-2,4-5H2,(H,19,20). The highest BCUT2D eigenvalue weighted by Gasteiger charge is 2.25. The van der Waals surface area contributed by atoms with Crippen molar-refractivity contribution in [3.63, 3.8) is 0 Å². The van der Waals surface area contributed by atoms with Gasteiger partial charge in [-0.15, -0.1) is 0 Å². The van der Waals surface area contributed by atoms with E-state index in [2.05, 4.69) is 5.10 Å². The van der Waals surface area contributed by atoms with Crippen LogP contribution in [0.4, 0.5) is 0 Å². The fraction of sp³-hybridized carbons (Fsp3) is 0.357. The molecule has 110 valence electrons. The Morgan fingerprint density at radius 3 is 2.62 bits per heavy atom. The van der Waals surface area contributed by atoms with Crippen LogP contribution in [-0.2, 0) is 0 Å². The molecule has 21 heavy (non-hydrogen) atoms. The van der Waals surface area contributed by atoms with Crippen LogP contribution in [0, 0.1) is 0 Å². The van der Waals surface area contributed by atoms with Gasteiger partial charge in [-0.3, -0.25) is 9.48 Å². The minimum absolute atomic E-state index is 0.0707. The molecule has 1 aliphatic heterocycles. The summed E-state index contributed by atoms with van der Waals surface area (Å²) in [6, 6.07) is 2.00. The molecule has 0 bridgehead atoms. The Hall–Kier alpha value is -2.15. The molecule has 2 aromatic rings. The lowest BCUT2D eigenvalue weighted by Crippen LogP contribution is -2.39. The Labute approximate surface area is 125 Å². The number of likely N-dealkylation sites (tertiary alicyclic amines) is 1. The van der Waals surface area contributed by atoms with Crippen molar-refractivity contribution in [2.45, 2.75) is 18.9 Å². The van der Waals surface area contributed by atoms with Crippen molar-refractivity contribution in [3.8, 4) is 0 Å². The van der Waals surface area contributed by atoms with Gasteiger partial charge in [0.1, 0.15) is 0 Å². The van der Waals surface area contributed by atoms with Gasteiger partial charge in [0.25, 0.3) is 5.91 Å². The van der Waals surface area contributed by atoms with Gasteiger partial charge in [-0.2, -0.15) is 16.4 Å². The smallest absolute Gasteiger partial charge is 0.338 e. The van der Waals surface area contributed by atoms with Crippen LogP contribution in [0.25, 0.3) is 0 Å². The zero-order valence-electron chi connectivity index (χ0n) is 11.3. The summed E-state index contributed by atoms with van der Waals surface area (Å²) >= 11 is 1.52. The third-order valence-corrected chi connectivity index (χ3v) is 4.43. The van der Waals surface area contributed by atoms with Gasteiger partial charge in [-0.25, -0.2) is 4.79 Å². The SMILES string of the molecule is O=C(O)c1cnn(C2CCN(C(=O)c3ccsc3)CC2)c1. The number of aromatic nitrogens is 2. The molecule has 1 saturated heterocycles. The molecular weight excluding hydrogens is 290 g/mol. The predicted molar refractivity (Wildman–Crippen MR) is 77.7 cm³/mol. The molecule has 1 fully saturated rings. The van der Waals surface area contributed by atoms with Gasteiger partial charge in [0.05, 0.1) is 23.4 Å². The van der Waals surface area contributed by atoms with Crippen molar-refractivity contribution in [1.82, 2.24) is 14.7 Å². The molecule has 3 heterocycles. The second-order valence-corrected chi connectivity index (χ2v) is 5.83. The number of piperidine rings is 1. The number of aromatic carboxylic acids is 1. The Morgan fingerprint density at radius 2 is 2.05 bits per heavy atom. The van der Waals surface area contributed by atoms with E-state index in [9.17, 15) is 9.59 Å². The lowest BCUT2D eigenvalue weighted by atomic mass is 10.0. The molecule has 0 spiro atoms. The van der Waals surface area contributed by atoms with Crippen LogP contribution >= 0.6 is 11.3 Å². The van der Waals surface area contributed by atoms with Crippen LogP contribution < -0.4 is 0 Å². The molecule has 6 nitrogen and oxygen atoms in total. The van der Waals surface area contributed by atoms with Gasteiger partial charge < -0.3 is 10.0 Å². The van der Waals surface area contributed by atoms with Crippen molar-refractivity contribution in [1.29, 1.82) is 0 Å². The molecule has 0 aliphatic carbocycles. The van der Waals surface area contributed by atoms with Gasteiger partial charge in [-0.05, 0) is 24.3 Å². The summed E-state index contributed by atoms with van der Waals surface area (Å²) in [6.45, 7) is 1.34. The molecular formula is C14H15N3O3S. The average molecular weight is 305 g/mol. The Balaban J connectivity index is 1.62. The second kappa shape index (κ2) is 5.69. The summed E-state index contributed by atoms with van der Waals surface area (Å²) in [5.41, 5.74) is 0.942. The minimum atomic E-state index is -0.966. The lowest BCUT2D eigenvalue weighted by Gasteiger charge is -2.32. The van der Waals surface area contributed by atoms with Gasteiger partial charge in [0, 0.05) is 24.7 Å². The minimum Gasteiger partial charge on any atom is -0.478 e. The third kappa shape index (κ3) is 2.82. The molecule has 1 amide bonds. The number of hydrogen-bond acceptors (Lipinski definition) is 4. The lowest BCUT2D eigenvalue weighted by molar-refractivity contribution is 0.0688. The maximum absolute atomic E-state index is 12.2. The summed E-state index contributed by atoms with van der Waals surface area (Å²) in [4.78, 5) is 24.9. The van der Waals surface area contributed by atoms with E-state index in [1.54, 1.807) is 10.9 Å². The van der Waals surface area contributed by atoms with Crippen LogP contribution in [-0.4, -0.2) is 44.8 Å². The monoisotopic (exact) mass is 305 g/mol. The third-order valence-electron chi connectivity index (χ3n) is 3.74. The first-order valence-corrected chi connectivity index (χ1v) is 7.68. The first-order chi connectivity index (χ1) is 10.1. The van der Waals surface area contributed by atoms with Gasteiger partial charge >= 0.3 is 5.97 Å². The Kier molecular flexibility index (Phi) is 3.74. The number of nitrogens with zero attached hydrogens (tertiary/aromatic N) is 3. The molecule has 7 heteroatoms. The molecule has 0 atom stereocenters. The quantitative estimate of drug-likeness (QED) is 0.942. The molecule has 0 aromatic carbocycles. The summed E-state index contributed by atoms with van der Waals surface area (Å²) < 4.78 is 1.70. The molecule has 1 aliphatic rings. The molecule has 2 aromatic heterocycles. The average Bonchev–Trinajstić information content (AvgIpc) is 3.18. The predicted octanol–water partition coefficient (Wildman–Crippen LogP) is 2.12. The molecule has 0 saturated carbocycles. The van der Waals surface area contributed by atoms with E-state index < -0.39 is 5.97 Å². The van der Waals surface area contributed by atoms with Gasteiger partial charge in [0.2, 0.25) is 0 Å². The van der Waals surface area contributed by atoms with Crippen LogP contribution in [0.5, 0.6) is 0 Å². The fourth-order valence-corrected chi connectivity index (χ4v) is 3.18. The highest BCUT2D eigenvalue weighted by atomic mass is 32.1. The normalized spacial score (nSPS) is 16.1. The second-order valence-electron chi connectivity index (χ2n) is 5.05. The zero-order valence-corrected chi connectivity index (χ0v) is 12.1. The molecule has 0 unspecified atom stereocenters. The summed E-state index contributed by atoms with van der Waals surface area (Å²) in [6.07, 6.45) is 4.50. The van der Waals surface area contributed by atoms with Crippen LogP contribution in [0.1, 0.15) is 39.6 Å². The number of thiophene rings is 1. The maximum Gasteiger partial charge on any atom is 0.338 e. The van der Waals surface area contributed by atoms with Crippen LogP contribution in [0.3, 0.4) is 0 Å². The molecule has 0 radical (unpaired) electrons. The van der Waals surface area contributed by atoms with E-state index in [-0.39, 0.29) is 17.5 Å². The van der Waals surface area contributed by atoms with Gasteiger partial charge in [0.15, 0.2) is 0 Å². The first-order valence-electron chi connectivity index (χ1n) is 6.74. The van der Waals surface area contributed by atoms with Crippen molar-refractivity contribution in [2.75, 3.05) is 13.1 Å². The number of carboxylic acids is 1. The fourth-order valence-electron chi connectivity index (χ4n) is 2.55. The van der Waals surface area contributed by atoms with E-state index in [1.165, 1.54) is 17.5 Å². The van der Waals surface area contributed by atoms with Crippen LogP contribution in [0.2, 0.25) is 0 Å². The van der Waals surface area contributed by atoms with Gasteiger partial charge in [-0.1, -0.05) is 0 Å². The van der Waals surface area contributed by atoms with Crippen molar-refractivity contribution in [3.05, 3.63) is 40.3 Å². The zero-order chi connectivity index (χ0) is 14.8. The Bertz CT molecular complexity index is 642. The summed E-state index contributed by atoms with van der Waals surface area (Å²) in [7, 11) is 0. The van der Waals surface area contributed by atoms with E-state index >= 15 is 0 Å². The van der Waals surface area contributed by atoms with Crippen molar-refractivity contribution >= 4 is 23.2 Å². The summed E-state index contributed by atoms with van der Waals surface area (Å²) in [5.74, 6) is -0.896. The molecule has 3 rings (SSSR count). The number of rotatable bonds is 3. The Morgan fingerprint density at radius 1 is 1.29 bits per heavy atom. The highest BCUT2D eigenvalue weighted by molar-refractivity contribution is 7.08. The highest BCUT2D eigenvalue weighted by Crippen LogP contribution is 2.23. The van der Waals surface area contributed by atoms with E-state index in [4.69, 9.17) is 5.11 Å². The van der Waals surface area contributed by atoms with Crippen molar-refractivity contribution in [2.24, 2.45) is 0 Å².